The van der Waals surface area contributed by atoms with Crippen molar-refractivity contribution in [2.45, 2.75) is 38.8 Å². The molecule has 0 aromatic heterocycles. The van der Waals surface area contributed by atoms with E-state index in [0.29, 0.717) is 17.9 Å². The highest BCUT2D eigenvalue weighted by atomic mass is 16.5. The molecule has 1 heterocycles. The molecule has 1 aliphatic heterocycles. The van der Waals surface area contributed by atoms with Gasteiger partial charge in [-0.25, -0.2) is 0 Å². The fourth-order valence-electron chi connectivity index (χ4n) is 4.24. The Kier molecular flexibility index (Phi) is 8.72. The van der Waals surface area contributed by atoms with Crippen LogP contribution in [0.25, 0.3) is 0 Å². The first-order valence-electron chi connectivity index (χ1n) is 11.5. The molecule has 2 N–H and O–H groups in total. The normalized spacial score (nSPS) is 15.7. The van der Waals surface area contributed by atoms with Gasteiger partial charge >= 0.3 is 0 Å². The molecule has 2 amide bonds. The number of hydrogen-bond donors (Lipinski definition) is 2. The van der Waals surface area contributed by atoms with Gasteiger partial charge in [0.1, 0.15) is 17.5 Å². The van der Waals surface area contributed by atoms with Gasteiger partial charge in [-0.2, -0.15) is 0 Å². The highest BCUT2D eigenvalue weighted by Crippen LogP contribution is 2.31. The Morgan fingerprint density at radius 1 is 0.970 bits per heavy atom. The van der Waals surface area contributed by atoms with Crippen molar-refractivity contribution in [1.82, 2.24) is 15.5 Å². The summed E-state index contributed by atoms with van der Waals surface area (Å²) in [5, 5.41) is 5.99. The highest BCUT2D eigenvalue weighted by Gasteiger charge is 2.29. The van der Waals surface area contributed by atoms with Crippen LogP contribution in [-0.2, 0) is 4.79 Å². The van der Waals surface area contributed by atoms with Crippen LogP contribution >= 0.6 is 0 Å². The van der Waals surface area contributed by atoms with Crippen LogP contribution in [-0.4, -0.2) is 56.6 Å². The number of nitrogens with zero attached hydrogens (tertiary/aromatic N) is 1. The first-order valence-corrected chi connectivity index (χ1v) is 11.5. The van der Waals surface area contributed by atoms with E-state index in [1.807, 2.05) is 32.0 Å². The maximum atomic E-state index is 13.2. The van der Waals surface area contributed by atoms with Gasteiger partial charge < -0.3 is 20.1 Å². The average Bonchev–Trinajstić information content (AvgIpc) is 3.37. The number of amides is 2. The summed E-state index contributed by atoms with van der Waals surface area (Å²) in [6.45, 7) is 6.27. The van der Waals surface area contributed by atoms with Crippen LogP contribution in [0.15, 0.2) is 48.5 Å². The molecule has 0 unspecified atom stereocenters. The first kappa shape index (κ1) is 24.6. The van der Waals surface area contributed by atoms with E-state index in [2.05, 4.69) is 21.6 Å². The maximum Gasteiger partial charge on any atom is 0.251 e. The molecule has 7 nitrogen and oxygen atoms in total. The van der Waals surface area contributed by atoms with Gasteiger partial charge in [-0.05, 0) is 62.2 Å². The van der Waals surface area contributed by atoms with Gasteiger partial charge in [0.25, 0.3) is 5.91 Å². The van der Waals surface area contributed by atoms with E-state index in [9.17, 15) is 9.59 Å². The van der Waals surface area contributed by atoms with Crippen LogP contribution in [0, 0.1) is 5.92 Å². The summed E-state index contributed by atoms with van der Waals surface area (Å²) in [4.78, 5) is 28.3. The van der Waals surface area contributed by atoms with Crippen molar-refractivity contribution in [2.24, 2.45) is 5.92 Å². The Balaban J connectivity index is 1.70. The minimum atomic E-state index is -0.642. The summed E-state index contributed by atoms with van der Waals surface area (Å²) in [5.41, 5.74) is 1.55. The summed E-state index contributed by atoms with van der Waals surface area (Å²) < 4.78 is 10.7. The molecule has 0 saturated carbocycles. The van der Waals surface area contributed by atoms with E-state index in [1.54, 1.807) is 38.5 Å². The number of para-hydroxylation sites is 1. The fourth-order valence-corrected chi connectivity index (χ4v) is 4.24. The molecule has 2 aromatic carbocycles. The first-order chi connectivity index (χ1) is 15.9. The van der Waals surface area contributed by atoms with Gasteiger partial charge in [0.05, 0.1) is 20.3 Å². The molecule has 1 fully saturated rings. The zero-order chi connectivity index (χ0) is 23.8. The Labute approximate surface area is 196 Å². The second-order valence-corrected chi connectivity index (χ2v) is 8.67. The Bertz CT molecular complexity index is 923. The van der Waals surface area contributed by atoms with Crippen LogP contribution in [0.3, 0.4) is 0 Å². The third-order valence-corrected chi connectivity index (χ3v) is 6.14. The lowest BCUT2D eigenvalue weighted by Crippen LogP contribution is -2.51. The number of hydrogen-bond acceptors (Lipinski definition) is 5. The van der Waals surface area contributed by atoms with E-state index >= 15 is 0 Å². The lowest BCUT2D eigenvalue weighted by Gasteiger charge is -2.30. The summed E-state index contributed by atoms with van der Waals surface area (Å²) in [7, 11) is 3.25. The molecular weight excluding hydrogens is 418 g/mol. The molecule has 178 valence electrons. The summed E-state index contributed by atoms with van der Waals surface area (Å²) in [6, 6.07) is 14.2. The van der Waals surface area contributed by atoms with Gasteiger partial charge in [0.15, 0.2) is 0 Å². The van der Waals surface area contributed by atoms with Crippen LogP contribution in [0.2, 0.25) is 0 Å². The molecule has 1 saturated heterocycles. The number of ether oxygens (including phenoxy) is 2. The van der Waals surface area contributed by atoms with Gasteiger partial charge in [0, 0.05) is 17.7 Å². The molecule has 2 aromatic rings. The van der Waals surface area contributed by atoms with Gasteiger partial charge in [0.2, 0.25) is 5.91 Å². The number of nitrogens with one attached hydrogen (secondary N) is 2. The quantitative estimate of drug-likeness (QED) is 0.576. The van der Waals surface area contributed by atoms with Crippen molar-refractivity contribution in [2.75, 3.05) is 33.9 Å². The van der Waals surface area contributed by atoms with Gasteiger partial charge in [-0.15, -0.1) is 0 Å². The topological polar surface area (TPSA) is 79.9 Å². The van der Waals surface area contributed by atoms with E-state index in [4.69, 9.17) is 9.47 Å². The molecule has 7 heteroatoms. The lowest BCUT2D eigenvalue weighted by molar-refractivity contribution is -0.124. The van der Waals surface area contributed by atoms with Crippen molar-refractivity contribution in [3.8, 4) is 11.5 Å². The third kappa shape index (κ3) is 6.26. The standard InChI is InChI=1S/C26H35N3O4/c1-18(2)24(28-25(30)19-11-13-20(32-3)14-12-19)26(31)27-17-22(29-15-7-8-16-29)21-9-5-6-10-23(21)33-4/h5-6,9-14,18,22,24H,7-8,15-17H2,1-4H3,(H,27,31)(H,28,30)/t22-,24+/m0/s1. The zero-order valence-electron chi connectivity index (χ0n) is 20.0. The largest absolute Gasteiger partial charge is 0.497 e. The SMILES string of the molecule is COc1ccc(C(=O)N[C@@H](C(=O)NC[C@@H](c2ccccc2OC)N2CCCC2)C(C)C)cc1. The van der Waals surface area contributed by atoms with Crippen molar-refractivity contribution >= 4 is 11.8 Å². The van der Waals surface area contributed by atoms with Crippen LogP contribution in [0.5, 0.6) is 11.5 Å². The Morgan fingerprint density at radius 2 is 1.64 bits per heavy atom. The summed E-state index contributed by atoms with van der Waals surface area (Å²) in [5.74, 6) is 0.952. The number of methoxy groups -OCH3 is 2. The second-order valence-electron chi connectivity index (χ2n) is 8.67. The maximum absolute atomic E-state index is 13.2. The number of carbonyl (C=O) groups excluding carboxylic acids is 2. The minimum absolute atomic E-state index is 0.0118. The predicted molar refractivity (Wildman–Crippen MR) is 129 cm³/mol. The zero-order valence-corrected chi connectivity index (χ0v) is 20.0. The highest BCUT2D eigenvalue weighted by molar-refractivity contribution is 5.97. The molecule has 2 atom stereocenters. The number of likely N-dealkylation sites (tertiary alicyclic amines) is 1. The van der Waals surface area contributed by atoms with Crippen molar-refractivity contribution in [3.05, 3.63) is 59.7 Å². The monoisotopic (exact) mass is 453 g/mol. The average molecular weight is 454 g/mol. The second kappa shape index (κ2) is 11.7. The van der Waals surface area contributed by atoms with E-state index in [1.165, 1.54) is 0 Å². The van der Waals surface area contributed by atoms with E-state index < -0.39 is 6.04 Å². The van der Waals surface area contributed by atoms with Crippen molar-refractivity contribution in [3.63, 3.8) is 0 Å². The Morgan fingerprint density at radius 3 is 2.24 bits per heavy atom. The molecule has 0 spiro atoms. The van der Waals surface area contributed by atoms with E-state index in [0.717, 1.165) is 37.2 Å². The predicted octanol–water partition coefficient (Wildman–Crippen LogP) is 3.41. The smallest absolute Gasteiger partial charge is 0.251 e. The van der Waals surface area contributed by atoms with Gasteiger partial charge in [-0.3, -0.25) is 14.5 Å². The van der Waals surface area contributed by atoms with Crippen LogP contribution in [0.4, 0.5) is 0 Å². The fraction of sp³-hybridized carbons (Fsp3) is 0.462. The number of benzene rings is 2. The number of rotatable bonds is 10. The number of carbonyl (C=O) groups is 2. The third-order valence-electron chi connectivity index (χ3n) is 6.14. The minimum Gasteiger partial charge on any atom is -0.497 e. The molecule has 0 aliphatic carbocycles. The molecule has 0 radical (unpaired) electrons. The van der Waals surface area contributed by atoms with Gasteiger partial charge in [-0.1, -0.05) is 32.0 Å². The molecule has 1 aliphatic rings. The molecule has 33 heavy (non-hydrogen) atoms. The van der Waals surface area contributed by atoms with Crippen molar-refractivity contribution < 1.29 is 19.1 Å². The van der Waals surface area contributed by atoms with Crippen molar-refractivity contribution in [1.29, 1.82) is 0 Å². The molecule has 0 bridgehead atoms. The van der Waals surface area contributed by atoms with Crippen LogP contribution < -0.4 is 20.1 Å². The molecule has 3 rings (SSSR count). The van der Waals surface area contributed by atoms with E-state index in [-0.39, 0.29) is 23.8 Å². The summed E-state index contributed by atoms with van der Waals surface area (Å²) in [6.07, 6.45) is 2.29. The van der Waals surface area contributed by atoms with Crippen LogP contribution in [0.1, 0.15) is 48.7 Å². The Hall–Kier alpha value is -3.06. The molecular formula is C26H35N3O4. The lowest BCUT2D eigenvalue weighted by atomic mass is 10.0. The summed E-state index contributed by atoms with van der Waals surface area (Å²) >= 11 is 0.